The van der Waals surface area contributed by atoms with Gasteiger partial charge >= 0.3 is 0 Å². The molecule has 0 unspecified atom stereocenters. The van der Waals surface area contributed by atoms with Gasteiger partial charge in [0.05, 0.1) is 0 Å². The molecule has 3 aromatic rings. The Kier molecular flexibility index (Phi) is 2.15. The van der Waals surface area contributed by atoms with Crippen molar-refractivity contribution in [2.75, 3.05) is 0 Å². The smallest absolute Gasteiger partial charge is 0.0346 e. The third-order valence-corrected chi connectivity index (χ3v) is 2.68. The molecule has 0 N–H and O–H groups in total. The van der Waals surface area contributed by atoms with Crippen LogP contribution in [-0.4, -0.2) is 4.98 Å². The van der Waals surface area contributed by atoms with Gasteiger partial charge in [0, 0.05) is 17.8 Å². The van der Waals surface area contributed by atoms with E-state index in [1.807, 2.05) is 36.7 Å². The first-order chi connectivity index (χ1) is 7.95. The van der Waals surface area contributed by atoms with Crippen LogP contribution in [0.4, 0.5) is 0 Å². The average molecular weight is 204 g/mol. The molecule has 75 valence electrons. The van der Waals surface area contributed by atoms with Crippen LogP contribution in [0.2, 0.25) is 0 Å². The van der Waals surface area contributed by atoms with E-state index >= 15 is 0 Å². The quantitative estimate of drug-likeness (QED) is 0.589. The van der Waals surface area contributed by atoms with Gasteiger partial charge in [-0.15, -0.1) is 0 Å². The number of benzene rings is 2. The Morgan fingerprint density at radius 2 is 1.94 bits per heavy atom. The van der Waals surface area contributed by atoms with Crippen LogP contribution in [0.15, 0.2) is 60.9 Å². The molecule has 0 aliphatic rings. The molecular formula is C15H10N. The van der Waals surface area contributed by atoms with Crippen molar-refractivity contribution in [3.8, 4) is 11.1 Å². The normalized spacial score (nSPS) is 10.5. The predicted molar refractivity (Wildman–Crippen MR) is 66.0 cm³/mol. The Morgan fingerprint density at radius 1 is 0.938 bits per heavy atom. The van der Waals surface area contributed by atoms with E-state index in [4.69, 9.17) is 0 Å². The zero-order chi connectivity index (χ0) is 10.8. The second-order valence-corrected chi connectivity index (χ2v) is 3.68. The summed E-state index contributed by atoms with van der Waals surface area (Å²) in [5.41, 5.74) is 2.33. The van der Waals surface area contributed by atoms with E-state index in [0.29, 0.717) is 0 Å². The highest BCUT2D eigenvalue weighted by Gasteiger charge is 2.02. The van der Waals surface area contributed by atoms with Crippen LogP contribution in [0.5, 0.6) is 0 Å². The summed E-state index contributed by atoms with van der Waals surface area (Å²) in [5.74, 6) is 0. The Morgan fingerprint density at radius 3 is 2.81 bits per heavy atom. The van der Waals surface area contributed by atoms with Crippen molar-refractivity contribution in [2.24, 2.45) is 0 Å². The summed E-state index contributed by atoms with van der Waals surface area (Å²) in [7, 11) is 0. The molecule has 1 radical (unpaired) electrons. The number of hydrogen-bond acceptors (Lipinski definition) is 1. The lowest BCUT2D eigenvalue weighted by Gasteiger charge is -2.05. The number of aromatic nitrogens is 1. The molecule has 0 aliphatic carbocycles. The lowest BCUT2D eigenvalue weighted by atomic mass is 10.00. The van der Waals surface area contributed by atoms with Gasteiger partial charge in [0.2, 0.25) is 0 Å². The number of pyridine rings is 1. The second kappa shape index (κ2) is 3.78. The van der Waals surface area contributed by atoms with Crippen molar-refractivity contribution >= 4 is 10.8 Å². The first-order valence-electron chi connectivity index (χ1n) is 5.25. The van der Waals surface area contributed by atoms with E-state index in [9.17, 15) is 0 Å². The summed E-state index contributed by atoms with van der Waals surface area (Å²) in [6.45, 7) is 0. The van der Waals surface area contributed by atoms with Gasteiger partial charge in [0.1, 0.15) is 0 Å². The minimum atomic E-state index is 1.12. The average Bonchev–Trinajstić information content (AvgIpc) is 2.39. The van der Waals surface area contributed by atoms with Crippen LogP contribution >= 0.6 is 0 Å². The maximum atomic E-state index is 4.14. The molecule has 0 spiro atoms. The van der Waals surface area contributed by atoms with Gasteiger partial charge < -0.3 is 0 Å². The second-order valence-electron chi connectivity index (χ2n) is 3.68. The fraction of sp³-hybridized carbons (Fsp3) is 0. The summed E-state index contributed by atoms with van der Waals surface area (Å²) >= 11 is 0. The van der Waals surface area contributed by atoms with Crippen molar-refractivity contribution in [1.82, 2.24) is 4.98 Å². The summed E-state index contributed by atoms with van der Waals surface area (Å²) < 4.78 is 0. The van der Waals surface area contributed by atoms with E-state index < -0.39 is 0 Å². The summed E-state index contributed by atoms with van der Waals surface area (Å²) in [6, 6.07) is 19.6. The van der Waals surface area contributed by atoms with E-state index in [1.54, 1.807) is 0 Å². The van der Waals surface area contributed by atoms with E-state index in [0.717, 1.165) is 10.9 Å². The van der Waals surface area contributed by atoms with Crippen LogP contribution in [0.25, 0.3) is 21.9 Å². The van der Waals surface area contributed by atoms with Crippen LogP contribution < -0.4 is 0 Å². The zero-order valence-electron chi connectivity index (χ0n) is 8.72. The Hall–Kier alpha value is -2.15. The van der Waals surface area contributed by atoms with Gasteiger partial charge in [-0.1, -0.05) is 42.5 Å². The third kappa shape index (κ3) is 1.47. The Labute approximate surface area is 94.4 Å². The standard InChI is InChI=1S/C15H10N/c1-2-5-12(6-3-1)14-8-4-7-13-11-16-10-9-15(13)14/h1-5,7-11H. The molecular weight excluding hydrogens is 194 g/mol. The lowest BCUT2D eigenvalue weighted by Crippen LogP contribution is -1.81. The van der Waals surface area contributed by atoms with Gasteiger partial charge in [-0.25, -0.2) is 0 Å². The maximum absolute atomic E-state index is 4.14. The fourth-order valence-electron chi connectivity index (χ4n) is 1.92. The highest BCUT2D eigenvalue weighted by molar-refractivity contribution is 5.95. The molecule has 0 bridgehead atoms. The molecule has 1 heteroatoms. The highest BCUT2D eigenvalue weighted by Crippen LogP contribution is 2.27. The van der Waals surface area contributed by atoms with Crippen molar-refractivity contribution in [1.29, 1.82) is 0 Å². The van der Waals surface area contributed by atoms with Crippen LogP contribution in [0, 0.1) is 6.07 Å². The SMILES string of the molecule is [c]1ccccc1-c1cccc2cnccc12. The third-order valence-electron chi connectivity index (χ3n) is 2.68. The van der Waals surface area contributed by atoms with E-state index in [2.05, 4.69) is 35.3 Å². The van der Waals surface area contributed by atoms with Gasteiger partial charge in [-0.3, -0.25) is 4.98 Å². The number of nitrogens with zero attached hydrogens (tertiary/aromatic N) is 1. The van der Waals surface area contributed by atoms with E-state index in [1.165, 1.54) is 10.9 Å². The summed E-state index contributed by atoms with van der Waals surface area (Å²) in [4.78, 5) is 4.14. The molecule has 0 saturated carbocycles. The maximum Gasteiger partial charge on any atom is 0.0346 e. The molecule has 1 aromatic heterocycles. The molecule has 3 rings (SSSR count). The molecule has 0 aliphatic heterocycles. The monoisotopic (exact) mass is 204 g/mol. The summed E-state index contributed by atoms with van der Waals surface area (Å²) in [5, 5.41) is 2.39. The molecule has 0 amide bonds. The first kappa shape index (κ1) is 9.10. The largest absolute Gasteiger partial charge is 0.264 e. The number of rotatable bonds is 1. The molecule has 16 heavy (non-hydrogen) atoms. The van der Waals surface area contributed by atoms with Crippen molar-refractivity contribution in [3.05, 3.63) is 67.0 Å². The van der Waals surface area contributed by atoms with Crippen molar-refractivity contribution < 1.29 is 0 Å². The van der Waals surface area contributed by atoms with Crippen LogP contribution in [-0.2, 0) is 0 Å². The highest BCUT2D eigenvalue weighted by atomic mass is 14.6. The fourth-order valence-corrected chi connectivity index (χ4v) is 1.92. The van der Waals surface area contributed by atoms with Crippen LogP contribution in [0.1, 0.15) is 0 Å². The molecule has 0 saturated heterocycles. The first-order valence-corrected chi connectivity index (χ1v) is 5.25. The molecule has 0 fully saturated rings. The van der Waals surface area contributed by atoms with Gasteiger partial charge in [0.25, 0.3) is 0 Å². The topological polar surface area (TPSA) is 12.9 Å². The Balaban J connectivity index is 2.32. The van der Waals surface area contributed by atoms with E-state index in [-0.39, 0.29) is 0 Å². The molecule has 2 aromatic carbocycles. The van der Waals surface area contributed by atoms with Gasteiger partial charge in [-0.05, 0) is 28.6 Å². The predicted octanol–water partition coefficient (Wildman–Crippen LogP) is 3.70. The number of hydrogen-bond donors (Lipinski definition) is 0. The Bertz CT molecular complexity index is 609. The van der Waals surface area contributed by atoms with Crippen LogP contribution in [0.3, 0.4) is 0 Å². The molecule has 0 atom stereocenters. The minimum Gasteiger partial charge on any atom is -0.264 e. The zero-order valence-corrected chi connectivity index (χ0v) is 8.72. The number of fused-ring (bicyclic) bond motifs is 1. The van der Waals surface area contributed by atoms with Crippen molar-refractivity contribution in [2.45, 2.75) is 0 Å². The molecule has 1 nitrogen and oxygen atoms in total. The lowest BCUT2D eigenvalue weighted by molar-refractivity contribution is 1.36. The molecule has 1 heterocycles. The van der Waals surface area contributed by atoms with Crippen molar-refractivity contribution in [3.63, 3.8) is 0 Å². The van der Waals surface area contributed by atoms with Gasteiger partial charge in [-0.2, -0.15) is 0 Å². The van der Waals surface area contributed by atoms with Gasteiger partial charge in [0.15, 0.2) is 0 Å². The minimum absolute atomic E-state index is 1.12. The summed E-state index contributed by atoms with van der Waals surface area (Å²) in [6.07, 6.45) is 3.72.